The van der Waals surface area contributed by atoms with Crippen molar-refractivity contribution in [2.24, 2.45) is 0 Å². The molecule has 0 spiro atoms. The van der Waals surface area contributed by atoms with Crippen LogP contribution in [0, 0.1) is 0 Å². The van der Waals surface area contributed by atoms with Crippen molar-refractivity contribution in [2.75, 3.05) is 0 Å². The van der Waals surface area contributed by atoms with E-state index in [9.17, 15) is 8.42 Å². The summed E-state index contributed by atoms with van der Waals surface area (Å²) in [5, 5.41) is 7.75. The maximum atomic E-state index is 13.1. The van der Waals surface area contributed by atoms with E-state index < -0.39 is 10.0 Å². The summed E-state index contributed by atoms with van der Waals surface area (Å²) >= 11 is 0. The van der Waals surface area contributed by atoms with E-state index in [1.807, 2.05) is 41.0 Å². The van der Waals surface area contributed by atoms with Gasteiger partial charge in [0.25, 0.3) is 0 Å². The zero-order chi connectivity index (χ0) is 20.3. The highest BCUT2D eigenvalue weighted by atomic mass is 32.2. The third kappa shape index (κ3) is 4.41. The lowest BCUT2D eigenvalue weighted by molar-refractivity contribution is 0.305. The van der Waals surface area contributed by atoms with Crippen molar-refractivity contribution >= 4 is 10.0 Å². The van der Waals surface area contributed by atoms with Crippen LogP contribution in [0.25, 0.3) is 11.1 Å². The topological polar surface area (TPSA) is 76.9 Å². The number of aromatic nitrogens is 3. The molecule has 1 N–H and O–H groups in total. The Morgan fingerprint density at radius 2 is 1.83 bits per heavy atom. The van der Waals surface area contributed by atoms with Crippen LogP contribution in [0.5, 0.6) is 0 Å². The van der Waals surface area contributed by atoms with Crippen LogP contribution in [0.3, 0.4) is 0 Å². The molecule has 4 rings (SSSR count). The van der Waals surface area contributed by atoms with Crippen molar-refractivity contribution in [3.63, 3.8) is 0 Å². The fourth-order valence-corrected chi connectivity index (χ4v) is 5.45. The summed E-state index contributed by atoms with van der Waals surface area (Å²) in [6.07, 6.45) is 7.83. The first-order valence-corrected chi connectivity index (χ1v) is 11.6. The first-order chi connectivity index (χ1) is 14.1. The lowest BCUT2D eigenvalue weighted by atomic mass is 9.91. The van der Waals surface area contributed by atoms with Gasteiger partial charge >= 0.3 is 0 Å². The minimum absolute atomic E-state index is 0.0906. The van der Waals surface area contributed by atoms with E-state index in [-0.39, 0.29) is 12.1 Å². The predicted octanol–water partition coefficient (Wildman–Crippen LogP) is 3.97. The summed E-state index contributed by atoms with van der Waals surface area (Å²) in [5.41, 5.74) is 3.15. The number of hydrogen-bond donors (Lipinski definition) is 1. The molecule has 0 radical (unpaired) electrons. The minimum atomic E-state index is -3.60. The molecule has 2 atom stereocenters. The second-order valence-corrected chi connectivity index (χ2v) is 9.30. The first-order valence-electron chi connectivity index (χ1n) is 10.1. The fourth-order valence-electron chi connectivity index (χ4n) is 4.14. The van der Waals surface area contributed by atoms with Gasteiger partial charge in [-0.1, -0.05) is 43.3 Å². The largest absolute Gasteiger partial charge is 0.317 e. The van der Waals surface area contributed by atoms with Crippen LogP contribution >= 0.6 is 0 Å². The molecular weight excluding hydrogens is 384 g/mol. The quantitative estimate of drug-likeness (QED) is 0.667. The van der Waals surface area contributed by atoms with Gasteiger partial charge in [-0.3, -0.25) is 0 Å². The van der Waals surface area contributed by atoms with Gasteiger partial charge in [-0.15, -0.1) is 10.2 Å². The van der Waals surface area contributed by atoms with Gasteiger partial charge in [-0.2, -0.15) is 0 Å². The van der Waals surface area contributed by atoms with Crippen LogP contribution in [0.4, 0.5) is 0 Å². The molecule has 152 valence electrons. The number of hydrogen-bond acceptors (Lipinski definition) is 4. The molecule has 0 amide bonds. The first kappa shape index (κ1) is 19.8. The maximum Gasteiger partial charge on any atom is 0.240 e. The molecule has 1 aliphatic rings. The number of nitrogens with zero attached hydrogens (tertiary/aromatic N) is 3. The van der Waals surface area contributed by atoms with Gasteiger partial charge in [0.05, 0.1) is 4.90 Å². The molecule has 0 unspecified atom stereocenters. The molecule has 0 saturated heterocycles. The average Bonchev–Trinajstić information content (AvgIpc) is 3.29. The van der Waals surface area contributed by atoms with Gasteiger partial charge in [0.15, 0.2) is 0 Å². The molecule has 6 nitrogen and oxygen atoms in total. The van der Waals surface area contributed by atoms with Crippen LogP contribution < -0.4 is 4.72 Å². The molecule has 1 aromatic heterocycles. The van der Waals surface area contributed by atoms with Crippen LogP contribution in [-0.2, 0) is 16.4 Å². The number of aryl methyl sites for hydroxylation is 1. The third-order valence-corrected chi connectivity index (χ3v) is 7.20. The van der Waals surface area contributed by atoms with Crippen molar-refractivity contribution in [2.45, 2.75) is 56.0 Å². The van der Waals surface area contributed by atoms with Crippen molar-refractivity contribution in [1.82, 2.24) is 19.5 Å². The second-order valence-electron chi connectivity index (χ2n) is 7.59. The molecule has 2 aromatic carbocycles. The van der Waals surface area contributed by atoms with Crippen molar-refractivity contribution in [1.29, 1.82) is 0 Å². The van der Waals surface area contributed by atoms with E-state index in [0.29, 0.717) is 4.90 Å². The Balaban J connectivity index is 1.57. The van der Waals surface area contributed by atoms with E-state index >= 15 is 0 Å². The second kappa shape index (κ2) is 8.47. The van der Waals surface area contributed by atoms with E-state index in [2.05, 4.69) is 21.8 Å². The molecule has 1 heterocycles. The maximum absolute atomic E-state index is 13.1. The molecule has 0 aliphatic heterocycles. The molecule has 0 bridgehead atoms. The third-order valence-electron chi connectivity index (χ3n) is 5.68. The lowest BCUT2D eigenvalue weighted by Gasteiger charge is -2.30. The highest BCUT2D eigenvalue weighted by Gasteiger charge is 2.27. The zero-order valence-electron chi connectivity index (χ0n) is 16.5. The molecular formula is C22H26N4O2S. The summed E-state index contributed by atoms with van der Waals surface area (Å²) in [6.45, 7) is 2.08. The fraction of sp³-hybridized carbons (Fsp3) is 0.364. The van der Waals surface area contributed by atoms with Crippen molar-refractivity contribution < 1.29 is 8.42 Å². The molecule has 29 heavy (non-hydrogen) atoms. The van der Waals surface area contributed by atoms with E-state index in [4.69, 9.17) is 0 Å². The highest BCUT2D eigenvalue weighted by Crippen LogP contribution is 2.30. The van der Waals surface area contributed by atoms with Crippen LogP contribution in [-0.4, -0.2) is 29.2 Å². The molecule has 1 saturated carbocycles. The SMILES string of the molecule is CCc1ccc(S(=O)(=O)N[C@H]2CCC[C@@H](n3cnnc3)C2)cc1-c1ccccc1. The number of benzene rings is 2. The Labute approximate surface area is 172 Å². The van der Waals surface area contributed by atoms with Gasteiger partial charge in [-0.25, -0.2) is 13.1 Å². The lowest BCUT2D eigenvalue weighted by Crippen LogP contribution is -2.38. The van der Waals surface area contributed by atoms with Gasteiger partial charge in [0, 0.05) is 12.1 Å². The van der Waals surface area contributed by atoms with Crippen LogP contribution in [0.2, 0.25) is 0 Å². The molecule has 3 aromatic rings. The smallest absolute Gasteiger partial charge is 0.240 e. The summed E-state index contributed by atoms with van der Waals surface area (Å²) in [6, 6.07) is 15.5. The Morgan fingerprint density at radius 1 is 1.07 bits per heavy atom. The molecule has 1 fully saturated rings. The highest BCUT2D eigenvalue weighted by molar-refractivity contribution is 7.89. The zero-order valence-corrected chi connectivity index (χ0v) is 17.3. The van der Waals surface area contributed by atoms with E-state index in [0.717, 1.165) is 48.8 Å². The number of nitrogens with one attached hydrogen (secondary N) is 1. The average molecular weight is 411 g/mol. The summed E-state index contributed by atoms with van der Waals surface area (Å²) < 4.78 is 31.2. The summed E-state index contributed by atoms with van der Waals surface area (Å²) in [7, 11) is -3.60. The Kier molecular flexibility index (Phi) is 5.78. The van der Waals surface area contributed by atoms with Crippen molar-refractivity contribution in [3.05, 3.63) is 66.7 Å². The summed E-state index contributed by atoms with van der Waals surface area (Å²) in [5.74, 6) is 0. The monoisotopic (exact) mass is 410 g/mol. The Hall–Kier alpha value is -2.51. The number of rotatable bonds is 6. The van der Waals surface area contributed by atoms with Gasteiger partial charge in [0.1, 0.15) is 12.7 Å². The van der Waals surface area contributed by atoms with Gasteiger partial charge in [0.2, 0.25) is 10.0 Å². The standard InChI is InChI=1S/C22H26N4O2S/c1-2-17-11-12-21(14-22(17)18-7-4-3-5-8-18)29(27,28)25-19-9-6-10-20(13-19)26-15-23-24-16-26/h3-5,7-8,11-12,14-16,19-20,25H,2,6,9-10,13H2,1H3/t19-,20+/m0/s1. The molecule has 7 heteroatoms. The van der Waals surface area contributed by atoms with Gasteiger partial charge in [-0.05, 0) is 60.9 Å². The Bertz CT molecular complexity index is 1050. The van der Waals surface area contributed by atoms with Gasteiger partial charge < -0.3 is 4.57 Å². The van der Waals surface area contributed by atoms with E-state index in [1.54, 1.807) is 24.8 Å². The van der Waals surface area contributed by atoms with Crippen LogP contribution in [0.1, 0.15) is 44.2 Å². The molecule has 1 aliphatic carbocycles. The minimum Gasteiger partial charge on any atom is -0.317 e. The number of sulfonamides is 1. The Morgan fingerprint density at radius 3 is 2.55 bits per heavy atom. The van der Waals surface area contributed by atoms with E-state index in [1.165, 1.54) is 0 Å². The van der Waals surface area contributed by atoms with Crippen LogP contribution in [0.15, 0.2) is 66.1 Å². The normalized spacial score (nSPS) is 19.9. The summed E-state index contributed by atoms with van der Waals surface area (Å²) in [4.78, 5) is 0.319. The predicted molar refractivity (Wildman–Crippen MR) is 113 cm³/mol. The van der Waals surface area contributed by atoms with Crippen molar-refractivity contribution in [3.8, 4) is 11.1 Å².